The van der Waals surface area contributed by atoms with Gasteiger partial charge in [-0.3, -0.25) is 0 Å². The molecule has 1 radical (unpaired) electrons. The van der Waals surface area contributed by atoms with E-state index in [1.165, 1.54) is 0 Å². The number of nitrogens with one attached hydrogen (secondary N) is 1. The molecule has 0 spiro atoms. The van der Waals surface area contributed by atoms with Crippen LogP contribution in [0.2, 0.25) is 32.7 Å². The molecule has 0 aromatic heterocycles. The minimum Gasteiger partial charge on any atom is -0.342 e. The molecule has 57 valence electrons. The zero-order valence-corrected chi connectivity index (χ0v) is 10.5. The van der Waals surface area contributed by atoms with Crippen LogP contribution in [0.4, 0.5) is 0 Å². The predicted octanol–water partition coefficient (Wildman–Crippen LogP) is 1.45. The predicted molar refractivity (Wildman–Crippen MR) is 55.6 cm³/mol. The van der Waals surface area contributed by atoms with Crippen molar-refractivity contribution in [3.8, 4) is 0 Å². The zero-order chi connectivity index (χ0) is 7.71. The van der Waals surface area contributed by atoms with E-state index in [2.05, 4.69) is 44.8 Å². The molecule has 0 heterocycles. The number of hydrogen-bond donors (Lipinski definition) is 1. The normalized spacial score (nSPS) is 12.6. The van der Waals surface area contributed by atoms with Gasteiger partial charge in [-0.25, -0.2) is 0 Å². The Balaban J connectivity index is 0. The Hall–Kier alpha value is 0.991. The molecule has 0 aromatic carbocycles. The van der Waals surface area contributed by atoms with Gasteiger partial charge in [-0.2, -0.15) is 0 Å². The van der Waals surface area contributed by atoms with Gasteiger partial charge in [0.1, 0.15) is 7.75 Å². The summed E-state index contributed by atoms with van der Waals surface area (Å²) in [5, 5.41) is 0. The summed E-state index contributed by atoms with van der Waals surface area (Å²) in [7, 11) is 0.255. The van der Waals surface area contributed by atoms with E-state index in [9.17, 15) is 0 Å². The van der Waals surface area contributed by atoms with Crippen molar-refractivity contribution in [2.75, 3.05) is 7.05 Å². The van der Waals surface area contributed by atoms with Crippen LogP contribution < -0.4 is 4.98 Å². The summed E-state index contributed by atoms with van der Waals surface area (Å²) in [6.07, 6.45) is 0. The SMILES string of the molecule is CN[Si](C)(C)[Si](C)(C)C.[Li]. The summed E-state index contributed by atoms with van der Waals surface area (Å²) in [6.45, 7) is 12.2. The summed E-state index contributed by atoms with van der Waals surface area (Å²) in [4.78, 5) is 3.48. The Labute approximate surface area is 79.0 Å². The standard InChI is InChI=1S/C6H19NSi2.Li/c1-7-9(5,6)8(2,3)4;/h7H,1-6H3;. The summed E-state index contributed by atoms with van der Waals surface area (Å²) in [6, 6.07) is 0. The third kappa shape index (κ3) is 3.40. The molecule has 0 saturated carbocycles. The van der Waals surface area contributed by atoms with Gasteiger partial charge < -0.3 is 4.98 Å². The Kier molecular flexibility index (Phi) is 5.60. The summed E-state index contributed by atoms with van der Waals surface area (Å²) >= 11 is 0. The van der Waals surface area contributed by atoms with Gasteiger partial charge in [-0.15, -0.1) is 0 Å². The van der Waals surface area contributed by atoms with E-state index >= 15 is 0 Å². The van der Waals surface area contributed by atoms with Crippen LogP contribution in [-0.2, 0) is 0 Å². The number of hydrogen-bond acceptors (Lipinski definition) is 1. The first-order chi connectivity index (χ1) is 3.81. The molecule has 1 nitrogen and oxygen atoms in total. The Morgan fingerprint density at radius 3 is 1.20 bits per heavy atom. The minimum atomic E-state index is -0.990. The maximum atomic E-state index is 3.48. The Morgan fingerprint density at radius 1 is 0.900 bits per heavy atom. The first-order valence-electron chi connectivity index (χ1n) is 3.50. The van der Waals surface area contributed by atoms with Gasteiger partial charge in [0, 0.05) is 18.9 Å². The monoisotopic (exact) mass is 168 g/mol. The average Bonchev–Trinajstić information content (AvgIpc) is 1.64. The second-order valence-electron chi connectivity index (χ2n) is 4.12. The molecule has 4 heteroatoms. The quantitative estimate of drug-likeness (QED) is 0.615. The fourth-order valence-corrected chi connectivity index (χ4v) is 3.38. The molecule has 0 amide bonds. The van der Waals surface area contributed by atoms with Crippen LogP contribution in [0.3, 0.4) is 0 Å². The minimum absolute atomic E-state index is 0. The molecule has 0 aliphatic rings. The summed E-state index contributed by atoms with van der Waals surface area (Å²) in [5.41, 5.74) is 0. The van der Waals surface area contributed by atoms with Crippen LogP contribution in [0.5, 0.6) is 0 Å². The van der Waals surface area contributed by atoms with Crippen LogP contribution >= 0.6 is 0 Å². The van der Waals surface area contributed by atoms with Gasteiger partial charge in [-0.1, -0.05) is 32.7 Å². The number of rotatable bonds is 2. The smallest absolute Gasteiger partial charge is 0.108 e. The van der Waals surface area contributed by atoms with Crippen LogP contribution in [0.15, 0.2) is 0 Å². The van der Waals surface area contributed by atoms with Crippen LogP contribution in [0.1, 0.15) is 0 Å². The average molecular weight is 168 g/mol. The van der Waals surface area contributed by atoms with Crippen molar-refractivity contribution >= 4 is 34.2 Å². The molecule has 0 rings (SSSR count). The second-order valence-corrected chi connectivity index (χ2v) is 20.6. The van der Waals surface area contributed by atoms with Crippen molar-refractivity contribution in [2.24, 2.45) is 0 Å². The second kappa shape index (κ2) is 4.13. The van der Waals surface area contributed by atoms with E-state index < -0.39 is 15.3 Å². The third-order valence-electron chi connectivity index (χ3n) is 2.50. The molecule has 0 aliphatic carbocycles. The fraction of sp³-hybridized carbons (Fsp3) is 1.00. The van der Waals surface area contributed by atoms with Crippen molar-refractivity contribution in [1.29, 1.82) is 0 Å². The molecule has 0 aromatic rings. The Bertz CT molecular complexity index is 98.4. The molecular formula is C6H19LiNSi2. The van der Waals surface area contributed by atoms with Crippen LogP contribution in [-0.4, -0.2) is 41.3 Å². The Morgan fingerprint density at radius 2 is 1.20 bits per heavy atom. The molecule has 1 N–H and O–H groups in total. The molecular weight excluding hydrogens is 149 g/mol. The van der Waals surface area contributed by atoms with E-state index in [1.54, 1.807) is 0 Å². The molecule has 10 heavy (non-hydrogen) atoms. The van der Waals surface area contributed by atoms with Gasteiger partial charge in [0.05, 0.1) is 7.59 Å². The van der Waals surface area contributed by atoms with Gasteiger partial charge in [0.15, 0.2) is 0 Å². The van der Waals surface area contributed by atoms with E-state index in [4.69, 9.17) is 0 Å². The first kappa shape index (κ1) is 13.6. The molecule has 0 atom stereocenters. The topological polar surface area (TPSA) is 12.0 Å². The van der Waals surface area contributed by atoms with Crippen molar-refractivity contribution in [3.05, 3.63) is 0 Å². The molecule has 0 unspecified atom stereocenters. The van der Waals surface area contributed by atoms with Crippen molar-refractivity contribution in [3.63, 3.8) is 0 Å². The van der Waals surface area contributed by atoms with Gasteiger partial charge in [-0.05, 0) is 7.05 Å². The van der Waals surface area contributed by atoms with E-state index in [-0.39, 0.29) is 18.9 Å². The molecule has 0 bridgehead atoms. The van der Waals surface area contributed by atoms with E-state index in [0.717, 1.165) is 0 Å². The van der Waals surface area contributed by atoms with Crippen molar-refractivity contribution in [2.45, 2.75) is 32.7 Å². The fourth-order valence-electron chi connectivity index (χ4n) is 0.375. The van der Waals surface area contributed by atoms with Gasteiger partial charge in [0.2, 0.25) is 0 Å². The van der Waals surface area contributed by atoms with Crippen LogP contribution in [0.25, 0.3) is 0 Å². The van der Waals surface area contributed by atoms with Crippen LogP contribution in [0, 0.1) is 0 Å². The van der Waals surface area contributed by atoms with Crippen molar-refractivity contribution in [1.82, 2.24) is 4.98 Å². The first-order valence-corrected chi connectivity index (χ1v) is 11.0. The zero-order valence-electron chi connectivity index (χ0n) is 8.50. The molecule has 0 saturated heterocycles. The van der Waals surface area contributed by atoms with Gasteiger partial charge in [0.25, 0.3) is 0 Å². The molecule has 0 aliphatic heterocycles. The largest absolute Gasteiger partial charge is 0.342 e. The summed E-state index contributed by atoms with van der Waals surface area (Å²) in [5.74, 6) is 0. The van der Waals surface area contributed by atoms with Crippen molar-refractivity contribution < 1.29 is 0 Å². The summed E-state index contributed by atoms with van der Waals surface area (Å²) < 4.78 is 0. The van der Waals surface area contributed by atoms with E-state index in [1.807, 2.05) is 0 Å². The third-order valence-corrected chi connectivity index (χ3v) is 19.5. The maximum Gasteiger partial charge on any atom is 0.108 e. The maximum absolute atomic E-state index is 3.48. The van der Waals surface area contributed by atoms with Gasteiger partial charge >= 0.3 is 0 Å². The van der Waals surface area contributed by atoms with E-state index in [0.29, 0.717) is 0 Å². The molecule has 0 fully saturated rings.